The van der Waals surface area contributed by atoms with Gasteiger partial charge < -0.3 is 30.6 Å². The maximum atomic E-state index is 12.6. The molecule has 5 N–H and O–H groups in total. The fourth-order valence-corrected chi connectivity index (χ4v) is 3.63. The predicted molar refractivity (Wildman–Crippen MR) is 105 cm³/mol. The molecule has 0 aliphatic carbocycles. The Morgan fingerprint density at radius 2 is 2.13 bits per heavy atom. The number of nitrogen functional groups attached to an aromatic ring is 1. The SMILES string of the molecule is CCn1ncc(C(=O)N[C@@H]2CO[C@H](Cn3cnc4c(N)ncnc43)[C@@H](O)[C@H]2O)c1C. The highest BCUT2D eigenvalue weighted by Gasteiger charge is 2.39. The van der Waals surface area contributed by atoms with Crippen LogP contribution in [0.1, 0.15) is 23.0 Å². The van der Waals surface area contributed by atoms with Crippen LogP contribution >= 0.6 is 0 Å². The van der Waals surface area contributed by atoms with E-state index in [0.29, 0.717) is 23.3 Å². The molecule has 0 spiro atoms. The van der Waals surface area contributed by atoms with Crippen LogP contribution < -0.4 is 11.1 Å². The van der Waals surface area contributed by atoms with Crippen molar-refractivity contribution in [2.75, 3.05) is 12.3 Å². The zero-order valence-corrected chi connectivity index (χ0v) is 16.6. The fraction of sp³-hybridized carbons (Fsp3) is 0.500. The van der Waals surface area contributed by atoms with Crippen molar-refractivity contribution in [2.45, 2.75) is 51.3 Å². The summed E-state index contributed by atoms with van der Waals surface area (Å²) >= 11 is 0. The fourth-order valence-electron chi connectivity index (χ4n) is 3.63. The van der Waals surface area contributed by atoms with Gasteiger partial charge in [0.25, 0.3) is 5.91 Å². The molecule has 30 heavy (non-hydrogen) atoms. The molecule has 4 atom stereocenters. The average molecular weight is 416 g/mol. The first-order chi connectivity index (χ1) is 14.4. The number of imidazole rings is 1. The summed E-state index contributed by atoms with van der Waals surface area (Å²) in [5.74, 6) is -0.119. The summed E-state index contributed by atoms with van der Waals surface area (Å²) in [6.45, 7) is 4.62. The molecular weight excluding hydrogens is 392 g/mol. The van der Waals surface area contributed by atoms with Crippen molar-refractivity contribution < 1.29 is 19.7 Å². The molecule has 0 unspecified atom stereocenters. The number of nitrogens with zero attached hydrogens (tertiary/aromatic N) is 6. The predicted octanol–water partition coefficient (Wildman–Crippen LogP) is -1.15. The third-order valence-corrected chi connectivity index (χ3v) is 5.40. The third kappa shape index (κ3) is 3.49. The highest BCUT2D eigenvalue weighted by atomic mass is 16.5. The van der Waals surface area contributed by atoms with Crippen molar-refractivity contribution in [3.63, 3.8) is 0 Å². The number of aryl methyl sites for hydroxylation is 1. The van der Waals surface area contributed by atoms with E-state index in [9.17, 15) is 15.0 Å². The van der Waals surface area contributed by atoms with Gasteiger partial charge in [0, 0.05) is 12.2 Å². The number of anilines is 1. The van der Waals surface area contributed by atoms with E-state index in [4.69, 9.17) is 10.5 Å². The number of aromatic nitrogens is 6. The molecule has 1 fully saturated rings. The van der Waals surface area contributed by atoms with Gasteiger partial charge in [0.15, 0.2) is 11.5 Å². The summed E-state index contributed by atoms with van der Waals surface area (Å²) in [5.41, 5.74) is 7.90. The van der Waals surface area contributed by atoms with Crippen LogP contribution in [0.15, 0.2) is 18.9 Å². The van der Waals surface area contributed by atoms with Crippen LogP contribution in [-0.4, -0.2) is 76.4 Å². The number of hydrogen-bond acceptors (Lipinski definition) is 9. The first kappa shape index (κ1) is 20.2. The maximum absolute atomic E-state index is 12.6. The van der Waals surface area contributed by atoms with Crippen molar-refractivity contribution in [3.8, 4) is 0 Å². The van der Waals surface area contributed by atoms with Gasteiger partial charge in [0.1, 0.15) is 30.2 Å². The van der Waals surface area contributed by atoms with Gasteiger partial charge >= 0.3 is 0 Å². The van der Waals surface area contributed by atoms with Crippen molar-refractivity contribution in [1.82, 2.24) is 34.6 Å². The van der Waals surface area contributed by atoms with E-state index < -0.39 is 24.4 Å². The molecule has 0 bridgehead atoms. The first-order valence-electron chi connectivity index (χ1n) is 9.63. The number of hydrogen-bond donors (Lipinski definition) is 4. The molecule has 1 aliphatic rings. The molecule has 3 aromatic rings. The van der Waals surface area contributed by atoms with Crippen LogP contribution in [0.5, 0.6) is 0 Å². The van der Waals surface area contributed by atoms with Gasteiger partial charge in [-0.2, -0.15) is 5.10 Å². The molecule has 4 rings (SSSR count). The van der Waals surface area contributed by atoms with E-state index in [-0.39, 0.29) is 24.9 Å². The Morgan fingerprint density at radius 1 is 1.33 bits per heavy atom. The average Bonchev–Trinajstić information content (AvgIpc) is 3.31. The molecule has 0 radical (unpaired) electrons. The molecule has 12 nitrogen and oxygen atoms in total. The number of ether oxygens (including phenoxy) is 1. The lowest BCUT2D eigenvalue weighted by atomic mass is 9.97. The Morgan fingerprint density at radius 3 is 2.87 bits per heavy atom. The number of aliphatic hydroxyl groups excluding tert-OH is 2. The number of carbonyl (C=O) groups excluding carboxylic acids is 1. The van der Waals surface area contributed by atoms with Crippen molar-refractivity contribution >= 4 is 22.9 Å². The Labute approximate surface area is 171 Å². The van der Waals surface area contributed by atoms with Crippen molar-refractivity contribution in [2.24, 2.45) is 0 Å². The Hall–Kier alpha value is -3.09. The number of nitrogens with two attached hydrogens (primary N) is 1. The molecule has 160 valence electrons. The van der Waals surface area contributed by atoms with Gasteiger partial charge in [-0.25, -0.2) is 15.0 Å². The van der Waals surface area contributed by atoms with Crippen LogP contribution in [0.4, 0.5) is 5.82 Å². The van der Waals surface area contributed by atoms with E-state index in [1.54, 1.807) is 16.2 Å². The van der Waals surface area contributed by atoms with Gasteiger partial charge in [0.2, 0.25) is 0 Å². The Bertz CT molecular complexity index is 1060. The number of aliphatic hydroxyl groups is 2. The van der Waals surface area contributed by atoms with Crippen LogP contribution in [0.3, 0.4) is 0 Å². The van der Waals surface area contributed by atoms with Crippen LogP contribution in [-0.2, 0) is 17.8 Å². The zero-order chi connectivity index (χ0) is 21.4. The number of nitrogens with one attached hydrogen (secondary N) is 1. The van der Waals surface area contributed by atoms with Crippen LogP contribution in [0.2, 0.25) is 0 Å². The molecule has 0 aromatic carbocycles. The second-order valence-corrected chi connectivity index (χ2v) is 7.22. The summed E-state index contributed by atoms with van der Waals surface area (Å²) in [6, 6.07) is -0.759. The largest absolute Gasteiger partial charge is 0.388 e. The van der Waals surface area contributed by atoms with Crippen molar-refractivity contribution in [3.05, 3.63) is 30.1 Å². The minimum atomic E-state index is -1.22. The second kappa shape index (κ2) is 7.97. The van der Waals surface area contributed by atoms with Crippen molar-refractivity contribution in [1.29, 1.82) is 0 Å². The minimum Gasteiger partial charge on any atom is -0.388 e. The molecule has 3 aromatic heterocycles. The quantitative estimate of drug-likeness (QED) is 0.402. The van der Waals surface area contributed by atoms with E-state index in [2.05, 4.69) is 25.4 Å². The van der Waals surface area contributed by atoms with Gasteiger partial charge in [-0.3, -0.25) is 9.48 Å². The zero-order valence-electron chi connectivity index (χ0n) is 16.6. The molecule has 1 saturated heterocycles. The number of rotatable bonds is 5. The summed E-state index contributed by atoms with van der Waals surface area (Å²) in [6.07, 6.45) is 1.20. The highest BCUT2D eigenvalue weighted by Crippen LogP contribution is 2.21. The summed E-state index contributed by atoms with van der Waals surface area (Å²) < 4.78 is 9.13. The Balaban J connectivity index is 1.43. The smallest absolute Gasteiger partial charge is 0.255 e. The molecule has 12 heteroatoms. The summed E-state index contributed by atoms with van der Waals surface area (Å²) in [5, 5.41) is 28.0. The number of carbonyl (C=O) groups is 1. The lowest BCUT2D eigenvalue weighted by molar-refractivity contribution is -0.152. The molecule has 1 aliphatic heterocycles. The highest BCUT2D eigenvalue weighted by molar-refractivity contribution is 5.95. The number of amides is 1. The Kier molecular flexibility index (Phi) is 5.37. The first-order valence-corrected chi connectivity index (χ1v) is 9.63. The monoisotopic (exact) mass is 416 g/mol. The van der Waals surface area contributed by atoms with E-state index in [1.807, 2.05) is 6.92 Å². The normalized spacial score (nSPS) is 24.3. The van der Waals surface area contributed by atoms with E-state index >= 15 is 0 Å². The van der Waals surface area contributed by atoms with Crippen LogP contribution in [0.25, 0.3) is 11.2 Å². The lowest BCUT2D eigenvalue weighted by Gasteiger charge is -2.38. The molecule has 0 saturated carbocycles. The molecule has 4 heterocycles. The van der Waals surface area contributed by atoms with Gasteiger partial charge in [-0.05, 0) is 13.8 Å². The van der Waals surface area contributed by atoms with Gasteiger partial charge in [-0.15, -0.1) is 0 Å². The van der Waals surface area contributed by atoms with Crippen LogP contribution in [0, 0.1) is 6.92 Å². The molecule has 1 amide bonds. The minimum absolute atomic E-state index is 0.0410. The lowest BCUT2D eigenvalue weighted by Crippen LogP contribution is -2.60. The van der Waals surface area contributed by atoms with Gasteiger partial charge in [-0.1, -0.05) is 0 Å². The topological polar surface area (TPSA) is 166 Å². The standard InChI is InChI=1S/C18H24N8O4/c1-3-26-9(2)10(4-23-26)18(29)24-11-6-30-12(15(28)14(11)27)5-25-8-22-13-16(19)20-7-21-17(13)25/h4,7-8,11-12,14-15,27-28H,3,5-6H2,1-2H3,(H,24,29)(H2,19,20,21)/t11-,12-,14+,15-/m1/s1. The second-order valence-electron chi connectivity index (χ2n) is 7.22. The molecular formula is C18H24N8O4. The third-order valence-electron chi connectivity index (χ3n) is 5.40. The summed E-state index contributed by atoms with van der Waals surface area (Å²) in [4.78, 5) is 24.8. The van der Waals surface area contributed by atoms with E-state index in [0.717, 1.165) is 5.69 Å². The van der Waals surface area contributed by atoms with E-state index in [1.165, 1.54) is 18.9 Å². The maximum Gasteiger partial charge on any atom is 0.255 e. The number of fused-ring (bicyclic) bond motifs is 1. The summed E-state index contributed by atoms with van der Waals surface area (Å²) in [7, 11) is 0. The van der Waals surface area contributed by atoms with Gasteiger partial charge in [0.05, 0.1) is 37.3 Å².